The van der Waals surface area contributed by atoms with Crippen molar-refractivity contribution in [2.24, 2.45) is 7.05 Å². The number of aryl methyl sites for hydroxylation is 2. The highest BCUT2D eigenvalue weighted by Crippen LogP contribution is 2.34. The van der Waals surface area contributed by atoms with Crippen molar-refractivity contribution in [2.75, 3.05) is 7.05 Å². The Morgan fingerprint density at radius 3 is 2.75 bits per heavy atom. The molecule has 0 saturated heterocycles. The van der Waals surface area contributed by atoms with Crippen LogP contribution in [-0.2, 0) is 7.05 Å². The first kappa shape index (κ1) is 11.6. The van der Waals surface area contributed by atoms with E-state index in [2.05, 4.69) is 15.7 Å². The fraction of sp³-hybridized carbons (Fsp3) is 0.364. The van der Waals surface area contributed by atoms with E-state index in [0.29, 0.717) is 0 Å². The standard InChI is InChI=1S/C11H14ClN3S/c1-7-6-16-10(8(7)12)9(13-2)11-14-4-5-15(11)3/h4-6,9,13H,1-3H3. The Bertz CT molecular complexity index is 489. The molecule has 2 rings (SSSR count). The van der Waals surface area contributed by atoms with Gasteiger partial charge >= 0.3 is 0 Å². The molecule has 1 atom stereocenters. The molecule has 0 bridgehead atoms. The molecule has 2 heterocycles. The van der Waals surface area contributed by atoms with Crippen molar-refractivity contribution in [1.29, 1.82) is 0 Å². The Labute approximate surface area is 104 Å². The predicted molar refractivity (Wildman–Crippen MR) is 68.2 cm³/mol. The molecule has 1 unspecified atom stereocenters. The van der Waals surface area contributed by atoms with Gasteiger partial charge in [0.2, 0.25) is 0 Å². The molecule has 0 amide bonds. The van der Waals surface area contributed by atoms with Crippen LogP contribution in [0.3, 0.4) is 0 Å². The third kappa shape index (κ3) is 1.88. The number of imidazole rings is 1. The molecule has 0 radical (unpaired) electrons. The number of nitrogens with zero attached hydrogens (tertiary/aromatic N) is 2. The molecular weight excluding hydrogens is 242 g/mol. The largest absolute Gasteiger partial charge is 0.336 e. The Balaban J connectivity index is 2.45. The topological polar surface area (TPSA) is 29.9 Å². The molecule has 0 aromatic carbocycles. The van der Waals surface area contributed by atoms with Gasteiger partial charge in [0.05, 0.1) is 5.02 Å². The monoisotopic (exact) mass is 255 g/mol. The van der Waals surface area contributed by atoms with Crippen LogP contribution in [0, 0.1) is 6.92 Å². The highest BCUT2D eigenvalue weighted by molar-refractivity contribution is 7.10. The van der Waals surface area contributed by atoms with Gasteiger partial charge in [0.25, 0.3) is 0 Å². The Hall–Kier alpha value is -0.840. The highest BCUT2D eigenvalue weighted by atomic mass is 35.5. The maximum atomic E-state index is 6.28. The first-order valence-corrected chi connectivity index (χ1v) is 6.29. The van der Waals surface area contributed by atoms with Crippen molar-refractivity contribution >= 4 is 22.9 Å². The molecular formula is C11H14ClN3S. The number of hydrogen-bond acceptors (Lipinski definition) is 3. The highest BCUT2D eigenvalue weighted by Gasteiger charge is 2.21. The molecule has 0 fully saturated rings. The summed E-state index contributed by atoms with van der Waals surface area (Å²) in [7, 11) is 3.91. The lowest BCUT2D eigenvalue weighted by molar-refractivity contribution is 0.626. The molecule has 0 aliphatic rings. The van der Waals surface area contributed by atoms with Gasteiger partial charge in [0, 0.05) is 24.3 Å². The van der Waals surface area contributed by atoms with Crippen LogP contribution in [0.5, 0.6) is 0 Å². The number of halogens is 1. The normalized spacial score (nSPS) is 13.0. The lowest BCUT2D eigenvalue weighted by Gasteiger charge is -2.15. The van der Waals surface area contributed by atoms with Gasteiger partial charge in [-0.05, 0) is 24.9 Å². The van der Waals surface area contributed by atoms with Crippen LogP contribution in [0.15, 0.2) is 17.8 Å². The molecule has 5 heteroatoms. The predicted octanol–water partition coefficient (Wildman–Crippen LogP) is 2.75. The van der Waals surface area contributed by atoms with E-state index in [-0.39, 0.29) is 6.04 Å². The van der Waals surface area contributed by atoms with E-state index < -0.39 is 0 Å². The SMILES string of the molecule is CNC(c1scc(C)c1Cl)c1nccn1C. The van der Waals surface area contributed by atoms with E-state index in [4.69, 9.17) is 11.6 Å². The zero-order valence-corrected chi connectivity index (χ0v) is 11.1. The Kier molecular flexibility index (Phi) is 3.33. The van der Waals surface area contributed by atoms with Crippen LogP contribution in [-0.4, -0.2) is 16.6 Å². The molecule has 2 aromatic heterocycles. The van der Waals surface area contributed by atoms with Crippen LogP contribution in [0.2, 0.25) is 5.02 Å². The molecule has 2 aromatic rings. The molecule has 16 heavy (non-hydrogen) atoms. The summed E-state index contributed by atoms with van der Waals surface area (Å²) in [6, 6.07) is 0.0613. The summed E-state index contributed by atoms with van der Waals surface area (Å²) in [5.74, 6) is 0.978. The zero-order valence-electron chi connectivity index (χ0n) is 9.49. The molecule has 1 N–H and O–H groups in total. The average molecular weight is 256 g/mol. The first-order valence-electron chi connectivity index (χ1n) is 5.03. The van der Waals surface area contributed by atoms with Gasteiger partial charge < -0.3 is 9.88 Å². The van der Waals surface area contributed by atoms with Gasteiger partial charge in [-0.2, -0.15) is 0 Å². The van der Waals surface area contributed by atoms with E-state index in [1.54, 1.807) is 17.5 Å². The van der Waals surface area contributed by atoms with Crippen molar-refractivity contribution < 1.29 is 0 Å². The molecule has 0 spiro atoms. The van der Waals surface area contributed by atoms with Crippen molar-refractivity contribution in [3.05, 3.63) is 39.1 Å². The number of rotatable bonds is 3. The van der Waals surface area contributed by atoms with E-state index in [0.717, 1.165) is 21.3 Å². The Morgan fingerprint density at radius 2 is 2.31 bits per heavy atom. The van der Waals surface area contributed by atoms with E-state index in [1.165, 1.54) is 0 Å². The lowest BCUT2D eigenvalue weighted by atomic mass is 10.2. The van der Waals surface area contributed by atoms with Gasteiger partial charge in [-0.15, -0.1) is 11.3 Å². The minimum absolute atomic E-state index is 0.0613. The van der Waals surface area contributed by atoms with E-state index in [9.17, 15) is 0 Å². The summed E-state index contributed by atoms with van der Waals surface area (Å²) >= 11 is 7.95. The minimum Gasteiger partial charge on any atom is -0.336 e. The number of thiophene rings is 1. The van der Waals surface area contributed by atoms with Crippen molar-refractivity contribution in [1.82, 2.24) is 14.9 Å². The maximum absolute atomic E-state index is 6.28. The van der Waals surface area contributed by atoms with Gasteiger partial charge in [-0.25, -0.2) is 4.98 Å². The molecule has 0 aliphatic carbocycles. The van der Waals surface area contributed by atoms with Gasteiger partial charge in [-0.3, -0.25) is 0 Å². The maximum Gasteiger partial charge on any atom is 0.131 e. The quantitative estimate of drug-likeness (QED) is 0.914. The number of hydrogen-bond donors (Lipinski definition) is 1. The number of nitrogens with one attached hydrogen (secondary N) is 1. The van der Waals surface area contributed by atoms with Crippen LogP contribution in [0.25, 0.3) is 0 Å². The van der Waals surface area contributed by atoms with Crippen molar-refractivity contribution in [3.8, 4) is 0 Å². The van der Waals surface area contributed by atoms with Crippen molar-refractivity contribution in [3.63, 3.8) is 0 Å². The second kappa shape index (κ2) is 4.57. The average Bonchev–Trinajstić information content (AvgIpc) is 2.81. The third-order valence-electron chi connectivity index (χ3n) is 2.59. The molecule has 3 nitrogen and oxygen atoms in total. The van der Waals surface area contributed by atoms with Crippen molar-refractivity contribution in [2.45, 2.75) is 13.0 Å². The summed E-state index contributed by atoms with van der Waals surface area (Å²) < 4.78 is 2.01. The van der Waals surface area contributed by atoms with Gasteiger partial charge in [0.1, 0.15) is 11.9 Å². The van der Waals surface area contributed by atoms with Gasteiger partial charge in [0.15, 0.2) is 0 Å². The van der Waals surface area contributed by atoms with Gasteiger partial charge in [-0.1, -0.05) is 11.6 Å². The second-order valence-electron chi connectivity index (χ2n) is 3.71. The Morgan fingerprint density at radius 1 is 1.56 bits per heavy atom. The summed E-state index contributed by atoms with van der Waals surface area (Å²) in [4.78, 5) is 5.48. The zero-order chi connectivity index (χ0) is 11.7. The van der Waals surface area contributed by atoms with E-state index in [1.807, 2.05) is 31.8 Å². The summed E-state index contributed by atoms with van der Waals surface area (Å²) in [5.41, 5.74) is 1.12. The first-order chi connectivity index (χ1) is 7.65. The summed E-state index contributed by atoms with van der Waals surface area (Å²) in [5, 5.41) is 6.17. The van der Waals surface area contributed by atoms with E-state index >= 15 is 0 Å². The molecule has 0 saturated carbocycles. The second-order valence-corrected chi connectivity index (χ2v) is 5.00. The third-order valence-corrected chi connectivity index (χ3v) is 4.37. The number of aromatic nitrogens is 2. The van der Waals surface area contributed by atoms with Crippen LogP contribution in [0.4, 0.5) is 0 Å². The molecule has 86 valence electrons. The fourth-order valence-corrected chi connectivity index (χ4v) is 3.08. The lowest BCUT2D eigenvalue weighted by Crippen LogP contribution is -2.20. The fourth-order valence-electron chi connectivity index (χ4n) is 1.68. The molecule has 0 aliphatic heterocycles. The van der Waals surface area contributed by atoms with Crippen LogP contribution >= 0.6 is 22.9 Å². The minimum atomic E-state index is 0.0613. The van der Waals surface area contributed by atoms with Crippen LogP contribution < -0.4 is 5.32 Å². The summed E-state index contributed by atoms with van der Waals surface area (Å²) in [6.07, 6.45) is 3.74. The van der Waals surface area contributed by atoms with Crippen LogP contribution in [0.1, 0.15) is 22.3 Å². The smallest absolute Gasteiger partial charge is 0.131 e. The summed E-state index contributed by atoms with van der Waals surface area (Å²) in [6.45, 7) is 2.02.